The molecule has 1 aromatic carbocycles. The maximum Gasteiger partial charge on any atom is 0.290 e. The maximum absolute atomic E-state index is 11.8. The lowest BCUT2D eigenvalue weighted by Gasteiger charge is -2.29. The highest BCUT2D eigenvalue weighted by molar-refractivity contribution is 8.18. The number of carbonyl (C=O) groups excluding carboxylic acids is 2. The number of hydrogen-bond donors (Lipinski definition) is 2. The van der Waals surface area contributed by atoms with E-state index in [4.69, 9.17) is 0 Å². The summed E-state index contributed by atoms with van der Waals surface area (Å²) in [5, 5.41) is 5.39. The number of imide groups is 1. The van der Waals surface area contributed by atoms with E-state index in [1.807, 2.05) is 24.4 Å². The molecule has 1 saturated heterocycles. The van der Waals surface area contributed by atoms with Gasteiger partial charge >= 0.3 is 0 Å². The predicted molar refractivity (Wildman–Crippen MR) is 129 cm³/mol. The fourth-order valence-electron chi connectivity index (χ4n) is 3.87. The minimum Gasteiger partial charge on any atom is -0.385 e. The first-order valence-electron chi connectivity index (χ1n) is 10.7. The monoisotopic (exact) mass is 458 g/mol. The van der Waals surface area contributed by atoms with E-state index in [2.05, 4.69) is 48.7 Å². The molecule has 33 heavy (non-hydrogen) atoms. The van der Waals surface area contributed by atoms with Gasteiger partial charge in [-0.1, -0.05) is 12.1 Å². The zero-order chi connectivity index (χ0) is 22.6. The lowest BCUT2D eigenvalue weighted by Crippen LogP contribution is -2.32. The number of thioether (sulfide) groups is 1. The molecule has 166 valence electrons. The first kappa shape index (κ1) is 21.1. The summed E-state index contributed by atoms with van der Waals surface area (Å²) >= 11 is 0.884. The van der Waals surface area contributed by atoms with Crippen molar-refractivity contribution in [2.75, 3.05) is 23.3 Å². The van der Waals surface area contributed by atoms with Crippen LogP contribution in [0, 0.1) is 0 Å². The van der Waals surface area contributed by atoms with Crippen LogP contribution in [0.1, 0.15) is 22.5 Å². The van der Waals surface area contributed by atoms with Crippen LogP contribution in [0.15, 0.2) is 59.8 Å². The quantitative estimate of drug-likeness (QED) is 0.542. The standard InChI is InChI=1S/C24H22N6O2S/c31-22-21(33-24(32)29-22)14-20-7-11-27-23(28-20)30-12-8-16-4-5-19(13-17(16)15-30)26-10-6-18-3-1-2-9-25-18/h1-5,7,9,11,13-14,26H,6,8,10,12,15H2,(H,29,31,32). The molecule has 4 heterocycles. The molecule has 1 fully saturated rings. The molecule has 2 aliphatic rings. The van der Waals surface area contributed by atoms with Gasteiger partial charge in [0.1, 0.15) is 0 Å². The van der Waals surface area contributed by atoms with Gasteiger partial charge < -0.3 is 10.2 Å². The first-order chi connectivity index (χ1) is 16.1. The van der Waals surface area contributed by atoms with Crippen molar-refractivity contribution < 1.29 is 9.59 Å². The van der Waals surface area contributed by atoms with E-state index in [0.29, 0.717) is 23.1 Å². The Kier molecular flexibility index (Phi) is 6.03. The lowest BCUT2D eigenvalue weighted by molar-refractivity contribution is -0.115. The number of amides is 2. The average Bonchev–Trinajstić information content (AvgIpc) is 3.15. The Labute approximate surface area is 195 Å². The van der Waals surface area contributed by atoms with E-state index in [1.54, 1.807) is 18.3 Å². The lowest BCUT2D eigenvalue weighted by atomic mass is 9.99. The summed E-state index contributed by atoms with van der Waals surface area (Å²) in [7, 11) is 0. The molecule has 0 bridgehead atoms. The maximum atomic E-state index is 11.8. The molecule has 0 radical (unpaired) electrons. The van der Waals surface area contributed by atoms with Crippen LogP contribution in [0.2, 0.25) is 0 Å². The molecule has 2 N–H and O–H groups in total. The molecule has 0 atom stereocenters. The van der Waals surface area contributed by atoms with Crippen molar-refractivity contribution in [2.45, 2.75) is 19.4 Å². The first-order valence-corrected chi connectivity index (χ1v) is 11.5. The zero-order valence-electron chi connectivity index (χ0n) is 17.8. The van der Waals surface area contributed by atoms with Crippen LogP contribution in [0.4, 0.5) is 16.4 Å². The molecule has 9 heteroatoms. The minimum absolute atomic E-state index is 0.343. The molecule has 0 spiro atoms. The third kappa shape index (κ3) is 5.04. The molecule has 8 nitrogen and oxygen atoms in total. The molecule has 0 unspecified atom stereocenters. The second-order valence-electron chi connectivity index (χ2n) is 7.79. The fraction of sp³-hybridized carbons (Fsp3) is 0.208. The number of nitrogens with zero attached hydrogens (tertiary/aromatic N) is 4. The summed E-state index contributed by atoms with van der Waals surface area (Å²) in [6.45, 7) is 2.33. The van der Waals surface area contributed by atoms with Crippen LogP contribution in [0.3, 0.4) is 0 Å². The molecular weight excluding hydrogens is 436 g/mol. The molecule has 2 aliphatic heterocycles. The molecule has 2 amide bonds. The summed E-state index contributed by atoms with van der Waals surface area (Å²) < 4.78 is 0. The van der Waals surface area contributed by atoms with Crippen LogP contribution in [0.5, 0.6) is 0 Å². The van der Waals surface area contributed by atoms with Crippen molar-refractivity contribution in [3.63, 3.8) is 0 Å². The number of anilines is 2. The Hall–Kier alpha value is -3.72. The van der Waals surface area contributed by atoms with Crippen molar-refractivity contribution in [3.05, 3.63) is 82.3 Å². The topological polar surface area (TPSA) is 100 Å². The Morgan fingerprint density at radius 1 is 1.09 bits per heavy atom. The second-order valence-corrected chi connectivity index (χ2v) is 8.80. The Bertz CT molecular complexity index is 1230. The van der Waals surface area contributed by atoms with Crippen molar-refractivity contribution in [2.24, 2.45) is 0 Å². The van der Waals surface area contributed by atoms with Gasteiger partial charge in [0.2, 0.25) is 5.95 Å². The number of benzene rings is 1. The van der Waals surface area contributed by atoms with E-state index >= 15 is 0 Å². The SMILES string of the molecule is O=C1NC(=O)C(=Cc2ccnc(N3CCc4ccc(NCCc5ccccn5)cc4C3)n2)S1. The number of fused-ring (bicyclic) bond motifs is 1. The summed E-state index contributed by atoms with van der Waals surface area (Å²) in [5.41, 5.74) is 5.33. The largest absolute Gasteiger partial charge is 0.385 e. The molecule has 0 saturated carbocycles. The van der Waals surface area contributed by atoms with Gasteiger partial charge in [0.15, 0.2) is 0 Å². The van der Waals surface area contributed by atoms with Crippen LogP contribution in [-0.2, 0) is 24.2 Å². The van der Waals surface area contributed by atoms with Crippen LogP contribution in [-0.4, -0.2) is 39.2 Å². The number of carbonyl (C=O) groups is 2. The van der Waals surface area contributed by atoms with Crippen molar-refractivity contribution in [3.8, 4) is 0 Å². The van der Waals surface area contributed by atoms with Crippen LogP contribution in [0.25, 0.3) is 6.08 Å². The Balaban J connectivity index is 1.27. The second kappa shape index (κ2) is 9.41. The predicted octanol–water partition coefficient (Wildman–Crippen LogP) is 3.41. The van der Waals surface area contributed by atoms with E-state index in [0.717, 1.165) is 49.1 Å². The normalized spacial score (nSPS) is 16.6. The van der Waals surface area contributed by atoms with Gasteiger partial charge in [-0.2, -0.15) is 0 Å². The molecule has 3 aromatic rings. The smallest absolute Gasteiger partial charge is 0.290 e. The van der Waals surface area contributed by atoms with Gasteiger partial charge in [0.05, 0.1) is 10.6 Å². The number of hydrogen-bond acceptors (Lipinski definition) is 8. The molecule has 5 rings (SSSR count). The highest BCUT2D eigenvalue weighted by Crippen LogP contribution is 2.27. The highest BCUT2D eigenvalue weighted by atomic mass is 32.2. The summed E-state index contributed by atoms with van der Waals surface area (Å²) in [6, 6.07) is 14.2. The van der Waals surface area contributed by atoms with Crippen LogP contribution >= 0.6 is 11.8 Å². The minimum atomic E-state index is -0.389. The number of rotatable bonds is 6. The highest BCUT2D eigenvalue weighted by Gasteiger charge is 2.25. The third-order valence-corrected chi connectivity index (χ3v) is 6.33. The average molecular weight is 459 g/mol. The van der Waals surface area contributed by atoms with Gasteiger partial charge in [-0.15, -0.1) is 0 Å². The molecule has 2 aromatic heterocycles. The van der Waals surface area contributed by atoms with Crippen LogP contribution < -0.4 is 15.5 Å². The number of pyridine rings is 1. The molecular formula is C24H22N6O2S. The fourth-order valence-corrected chi connectivity index (χ4v) is 4.54. The summed E-state index contributed by atoms with van der Waals surface area (Å²) in [6.07, 6.45) is 6.89. The van der Waals surface area contributed by atoms with Gasteiger partial charge in [-0.3, -0.25) is 19.9 Å². The Morgan fingerprint density at radius 3 is 2.85 bits per heavy atom. The van der Waals surface area contributed by atoms with Gasteiger partial charge in [0.25, 0.3) is 11.1 Å². The van der Waals surface area contributed by atoms with Gasteiger partial charge in [-0.05, 0) is 65.7 Å². The summed E-state index contributed by atoms with van der Waals surface area (Å²) in [4.78, 5) is 39.1. The Morgan fingerprint density at radius 2 is 2.03 bits per heavy atom. The zero-order valence-corrected chi connectivity index (χ0v) is 18.6. The van der Waals surface area contributed by atoms with Crippen molar-refractivity contribution >= 4 is 40.6 Å². The van der Waals surface area contributed by atoms with E-state index in [1.165, 1.54) is 11.1 Å². The van der Waals surface area contributed by atoms with E-state index in [-0.39, 0.29) is 11.1 Å². The van der Waals surface area contributed by atoms with Crippen molar-refractivity contribution in [1.82, 2.24) is 20.3 Å². The molecule has 0 aliphatic carbocycles. The van der Waals surface area contributed by atoms with Gasteiger partial charge in [-0.25, -0.2) is 9.97 Å². The van der Waals surface area contributed by atoms with Gasteiger partial charge in [0, 0.05) is 49.8 Å². The summed E-state index contributed by atoms with van der Waals surface area (Å²) in [5.74, 6) is 0.221. The van der Waals surface area contributed by atoms with Crippen molar-refractivity contribution in [1.29, 1.82) is 0 Å². The van der Waals surface area contributed by atoms with E-state index < -0.39 is 0 Å². The third-order valence-electron chi connectivity index (χ3n) is 5.52. The number of nitrogens with one attached hydrogen (secondary N) is 2. The van der Waals surface area contributed by atoms with E-state index in [9.17, 15) is 9.59 Å². The number of aromatic nitrogens is 3.